The summed E-state index contributed by atoms with van der Waals surface area (Å²) in [6.07, 6.45) is 2.99. The van der Waals surface area contributed by atoms with Crippen molar-refractivity contribution in [2.24, 2.45) is 0 Å². The topological polar surface area (TPSA) is 94.0 Å². The number of tetrazole rings is 1. The number of hydrogen-bond donors (Lipinski definition) is 2. The van der Waals surface area contributed by atoms with E-state index < -0.39 is 0 Å². The monoisotopic (exact) mass is 342 g/mol. The van der Waals surface area contributed by atoms with E-state index in [2.05, 4.69) is 26.2 Å². The molecular weight excluding hydrogens is 320 g/mol. The summed E-state index contributed by atoms with van der Waals surface area (Å²) < 4.78 is 7.79. The minimum Gasteiger partial charge on any atom is -0.485 e. The number of rotatable bonds is 4. The molecule has 8 heteroatoms. The largest absolute Gasteiger partial charge is 0.485 e. The Kier molecular flexibility index (Phi) is 3.63. The fourth-order valence-electron chi connectivity index (χ4n) is 3.20. The minimum absolute atomic E-state index is 0.254. The SMILES string of the molecule is CC(NC(=O)Nc1cccc2c1OC(C)(C)C2)c1nnnn1C1CC1. The van der Waals surface area contributed by atoms with Crippen molar-refractivity contribution in [3.05, 3.63) is 29.6 Å². The molecule has 1 fully saturated rings. The van der Waals surface area contributed by atoms with Crippen molar-refractivity contribution in [3.8, 4) is 5.75 Å². The van der Waals surface area contributed by atoms with Crippen LogP contribution in [0, 0.1) is 0 Å². The Bertz CT molecular complexity index is 811. The standard InChI is InChI=1S/C17H22N6O2/c1-10(15-20-21-22-23(15)12-7-8-12)18-16(24)19-13-6-4-5-11-9-17(2,3)25-14(11)13/h4-6,10,12H,7-9H2,1-3H3,(H2,18,19,24). The van der Waals surface area contributed by atoms with Crippen LogP contribution in [0.4, 0.5) is 10.5 Å². The normalized spacial score (nSPS) is 19.0. The molecule has 4 rings (SSSR count). The molecule has 1 aliphatic heterocycles. The number of fused-ring (bicyclic) bond motifs is 1. The smallest absolute Gasteiger partial charge is 0.319 e. The third-order valence-electron chi connectivity index (χ3n) is 4.49. The van der Waals surface area contributed by atoms with Gasteiger partial charge in [-0.25, -0.2) is 9.48 Å². The molecule has 0 spiro atoms. The summed E-state index contributed by atoms with van der Waals surface area (Å²) >= 11 is 0. The molecular formula is C17H22N6O2. The van der Waals surface area contributed by atoms with Gasteiger partial charge in [0.05, 0.1) is 17.8 Å². The molecule has 8 nitrogen and oxygen atoms in total. The summed E-state index contributed by atoms with van der Waals surface area (Å²) in [5.74, 6) is 1.42. The van der Waals surface area contributed by atoms with E-state index in [4.69, 9.17) is 4.74 Å². The van der Waals surface area contributed by atoms with Crippen LogP contribution in [0.1, 0.15) is 57.1 Å². The molecule has 1 unspecified atom stereocenters. The van der Waals surface area contributed by atoms with E-state index in [1.807, 2.05) is 39.0 Å². The fraction of sp³-hybridized carbons (Fsp3) is 0.529. The van der Waals surface area contributed by atoms with Crippen molar-refractivity contribution in [3.63, 3.8) is 0 Å². The van der Waals surface area contributed by atoms with Gasteiger partial charge in [-0.15, -0.1) is 5.10 Å². The van der Waals surface area contributed by atoms with Crippen molar-refractivity contribution in [2.75, 3.05) is 5.32 Å². The highest BCUT2D eigenvalue weighted by atomic mass is 16.5. The van der Waals surface area contributed by atoms with Crippen molar-refractivity contribution in [2.45, 2.75) is 57.7 Å². The second kappa shape index (κ2) is 5.72. The van der Waals surface area contributed by atoms with Crippen LogP contribution in [0.5, 0.6) is 5.75 Å². The van der Waals surface area contributed by atoms with Crippen LogP contribution in [0.25, 0.3) is 0 Å². The fourth-order valence-corrected chi connectivity index (χ4v) is 3.20. The van der Waals surface area contributed by atoms with Gasteiger partial charge in [-0.2, -0.15) is 0 Å². The van der Waals surface area contributed by atoms with Crippen molar-refractivity contribution < 1.29 is 9.53 Å². The summed E-state index contributed by atoms with van der Waals surface area (Å²) in [7, 11) is 0. The molecule has 2 amide bonds. The van der Waals surface area contributed by atoms with Gasteiger partial charge in [0.1, 0.15) is 11.4 Å². The van der Waals surface area contributed by atoms with E-state index in [-0.39, 0.29) is 17.7 Å². The average Bonchev–Trinajstić information content (AvgIpc) is 3.15. The Hall–Kier alpha value is -2.64. The van der Waals surface area contributed by atoms with Gasteiger partial charge in [0, 0.05) is 12.0 Å². The summed E-state index contributed by atoms with van der Waals surface area (Å²) in [5.41, 5.74) is 1.53. The Balaban J connectivity index is 1.45. The van der Waals surface area contributed by atoms with E-state index >= 15 is 0 Å². The number of carbonyl (C=O) groups excluding carboxylic acids is 1. The van der Waals surface area contributed by atoms with Gasteiger partial charge in [-0.1, -0.05) is 12.1 Å². The first-order valence-corrected chi connectivity index (χ1v) is 8.59. The number of hydrogen-bond acceptors (Lipinski definition) is 5. The molecule has 1 aromatic carbocycles. The molecule has 2 N–H and O–H groups in total. The molecule has 1 aliphatic carbocycles. The molecule has 25 heavy (non-hydrogen) atoms. The van der Waals surface area contributed by atoms with Crippen molar-refractivity contribution in [1.82, 2.24) is 25.5 Å². The second-order valence-corrected chi connectivity index (χ2v) is 7.37. The summed E-state index contributed by atoms with van der Waals surface area (Å²) in [6, 6.07) is 5.57. The summed E-state index contributed by atoms with van der Waals surface area (Å²) in [5, 5.41) is 17.6. The first kappa shape index (κ1) is 15.9. The maximum Gasteiger partial charge on any atom is 0.319 e. The van der Waals surface area contributed by atoms with Gasteiger partial charge >= 0.3 is 6.03 Å². The van der Waals surface area contributed by atoms with Crippen LogP contribution in [-0.2, 0) is 6.42 Å². The number of ether oxygens (including phenoxy) is 1. The van der Waals surface area contributed by atoms with Crippen molar-refractivity contribution in [1.29, 1.82) is 0 Å². The van der Waals surface area contributed by atoms with Crippen LogP contribution < -0.4 is 15.4 Å². The van der Waals surface area contributed by atoms with Gasteiger partial charge in [0.25, 0.3) is 0 Å². The van der Waals surface area contributed by atoms with Crippen LogP contribution in [-0.4, -0.2) is 31.8 Å². The predicted molar refractivity (Wildman–Crippen MR) is 91.5 cm³/mol. The second-order valence-electron chi connectivity index (χ2n) is 7.37. The van der Waals surface area contributed by atoms with Gasteiger partial charge in [0.15, 0.2) is 5.82 Å². The number of para-hydroxylation sites is 1. The lowest BCUT2D eigenvalue weighted by atomic mass is 10.0. The highest BCUT2D eigenvalue weighted by Crippen LogP contribution is 2.40. The lowest BCUT2D eigenvalue weighted by Gasteiger charge is -2.19. The molecule has 1 saturated carbocycles. The van der Waals surface area contributed by atoms with Gasteiger partial charge < -0.3 is 15.4 Å². The third-order valence-corrected chi connectivity index (χ3v) is 4.49. The number of nitrogens with zero attached hydrogens (tertiary/aromatic N) is 4. The zero-order valence-electron chi connectivity index (χ0n) is 14.6. The van der Waals surface area contributed by atoms with Gasteiger partial charge in [-0.05, 0) is 50.1 Å². The maximum absolute atomic E-state index is 12.4. The van der Waals surface area contributed by atoms with Crippen LogP contribution in [0.2, 0.25) is 0 Å². The first-order valence-electron chi connectivity index (χ1n) is 8.59. The number of carbonyl (C=O) groups is 1. The van der Waals surface area contributed by atoms with Crippen LogP contribution in [0.15, 0.2) is 18.2 Å². The number of aromatic nitrogens is 4. The predicted octanol–water partition coefficient (Wildman–Crippen LogP) is 2.60. The molecule has 1 atom stereocenters. The Morgan fingerprint density at radius 2 is 2.20 bits per heavy atom. The Morgan fingerprint density at radius 1 is 1.40 bits per heavy atom. The first-order chi connectivity index (χ1) is 11.9. The molecule has 1 aromatic heterocycles. The molecule has 0 radical (unpaired) electrons. The maximum atomic E-state index is 12.4. The van der Waals surface area contributed by atoms with Crippen LogP contribution >= 0.6 is 0 Å². The third kappa shape index (κ3) is 3.16. The average molecular weight is 342 g/mol. The molecule has 0 saturated heterocycles. The lowest BCUT2D eigenvalue weighted by Crippen LogP contribution is -2.33. The minimum atomic E-state index is -0.306. The Morgan fingerprint density at radius 3 is 2.96 bits per heavy atom. The highest BCUT2D eigenvalue weighted by Gasteiger charge is 2.32. The quantitative estimate of drug-likeness (QED) is 0.891. The van der Waals surface area contributed by atoms with E-state index in [0.717, 1.165) is 30.6 Å². The molecule has 132 valence electrons. The van der Waals surface area contributed by atoms with Crippen molar-refractivity contribution >= 4 is 11.7 Å². The molecule has 0 bridgehead atoms. The Labute approximate surface area is 145 Å². The van der Waals surface area contributed by atoms with E-state index in [1.165, 1.54) is 0 Å². The molecule has 2 aliphatic rings. The van der Waals surface area contributed by atoms with Gasteiger partial charge in [0.2, 0.25) is 0 Å². The molecule has 2 heterocycles. The number of anilines is 1. The van der Waals surface area contributed by atoms with E-state index in [9.17, 15) is 4.79 Å². The summed E-state index contributed by atoms with van der Waals surface area (Å²) in [6.45, 7) is 5.95. The highest BCUT2D eigenvalue weighted by molar-refractivity contribution is 5.91. The zero-order chi connectivity index (χ0) is 17.6. The lowest BCUT2D eigenvalue weighted by molar-refractivity contribution is 0.139. The number of benzene rings is 1. The summed E-state index contributed by atoms with van der Waals surface area (Å²) in [4.78, 5) is 12.4. The van der Waals surface area contributed by atoms with E-state index in [1.54, 1.807) is 4.68 Å². The number of amides is 2. The van der Waals surface area contributed by atoms with Crippen LogP contribution in [0.3, 0.4) is 0 Å². The number of urea groups is 1. The number of nitrogens with one attached hydrogen (secondary N) is 2. The zero-order valence-corrected chi connectivity index (χ0v) is 14.6. The van der Waals surface area contributed by atoms with E-state index in [0.29, 0.717) is 17.6 Å². The molecule has 2 aromatic rings. The van der Waals surface area contributed by atoms with Gasteiger partial charge in [-0.3, -0.25) is 0 Å².